The Balaban J connectivity index is 1.69. The highest BCUT2D eigenvalue weighted by Gasteiger charge is 2.27. The van der Waals surface area contributed by atoms with Gasteiger partial charge in [-0.2, -0.15) is 4.40 Å². The van der Waals surface area contributed by atoms with Crippen LogP contribution in [0.25, 0.3) is 5.52 Å². The lowest BCUT2D eigenvalue weighted by Gasteiger charge is -2.25. The average molecular weight is 386 g/mol. The summed E-state index contributed by atoms with van der Waals surface area (Å²) in [6.07, 6.45) is 1.91. The van der Waals surface area contributed by atoms with Crippen molar-refractivity contribution in [2.75, 3.05) is 31.6 Å². The maximum Gasteiger partial charge on any atom is 0.351 e. The van der Waals surface area contributed by atoms with E-state index in [0.717, 1.165) is 49.6 Å². The minimum Gasteiger partial charge on any atom is -0.379 e. The highest BCUT2D eigenvalue weighted by Crippen LogP contribution is 2.21. The van der Waals surface area contributed by atoms with E-state index in [1.807, 2.05) is 28.8 Å². The maximum absolute atomic E-state index is 12.9. The summed E-state index contributed by atoms with van der Waals surface area (Å²) in [5.41, 5.74) is 3.77. The number of rotatable bonds is 4. The fourth-order valence-corrected chi connectivity index (χ4v) is 3.64. The zero-order valence-electron chi connectivity index (χ0n) is 15.2. The quantitative estimate of drug-likeness (QED) is 0.679. The van der Waals surface area contributed by atoms with E-state index in [-0.39, 0.29) is 5.91 Å². The van der Waals surface area contributed by atoms with Gasteiger partial charge >= 0.3 is 11.7 Å². The van der Waals surface area contributed by atoms with Crippen LogP contribution < -0.4 is 9.72 Å². The van der Waals surface area contributed by atoms with Crippen LogP contribution in [0.2, 0.25) is 5.02 Å². The van der Waals surface area contributed by atoms with Crippen LogP contribution in [0.4, 0.5) is 5.69 Å². The number of H-pyrrole nitrogens is 1. The number of hydrogen-bond donors (Lipinski definition) is 2. The number of aromatic amines is 1. The van der Waals surface area contributed by atoms with Gasteiger partial charge in [-0.3, -0.25) is 9.69 Å². The lowest BCUT2D eigenvalue weighted by molar-refractivity contribution is -0.514. The molecule has 4 rings (SSSR count). The summed E-state index contributed by atoms with van der Waals surface area (Å²) in [6.45, 7) is 6.06. The number of carbonyl (C=O) groups excluding carboxylic acids is 1. The number of imidazole rings is 1. The van der Waals surface area contributed by atoms with E-state index in [9.17, 15) is 4.79 Å². The molecule has 0 atom stereocenters. The first-order chi connectivity index (χ1) is 13.1. The Morgan fingerprint density at radius 2 is 2.04 bits per heavy atom. The Bertz CT molecular complexity index is 979. The molecule has 140 valence electrons. The van der Waals surface area contributed by atoms with E-state index >= 15 is 0 Å². The van der Waals surface area contributed by atoms with E-state index in [4.69, 9.17) is 16.3 Å². The van der Waals surface area contributed by atoms with Crippen molar-refractivity contribution >= 4 is 28.7 Å². The molecule has 0 bridgehead atoms. The summed E-state index contributed by atoms with van der Waals surface area (Å²) in [4.78, 5) is 18.6. The highest BCUT2D eigenvalue weighted by molar-refractivity contribution is 6.33. The topological polar surface area (TPSA) is 61.5 Å². The second-order valence-electron chi connectivity index (χ2n) is 6.68. The van der Waals surface area contributed by atoms with E-state index in [1.165, 1.54) is 0 Å². The van der Waals surface area contributed by atoms with Gasteiger partial charge in [-0.05, 0) is 25.1 Å². The summed E-state index contributed by atoms with van der Waals surface area (Å²) in [5, 5.41) is 3.41. The Labute approximate surface area is 162 Å². The van der Waals surface area contributed by atoms with Crippen LogP contribution in [0.15, 0.2) is 42.6 Å². The van der Waals surface area contributed by atoms with Gasteiger partial charge in [0.05, 0.1) is 36.7 Å². The highest BCUT2D eigenvalue weighted by atomic mass is 35.5. The van der Waals surface area contributed by atoms with Crippen LogP contribution in [0, 0.1) is 6.92 Å². The SMILES string of the molecule is Cc1ccc[n+]2c(C(=O)Nc3ccccc3Cl)[nH]c(CN3CCOCC3)c12. The minimum atomic E-state index is -0.225. The Hall–Kier alpha value is -2.41. The van der Waals surface area contributed by atoms with Crippen molar-refractivity contribution in [2.45, 2.75) is 13.5 Å². The summed E-state index contributed by atoms with van der Waals surface area (Å²) in [5.74, 6) is 0.258. The molecule has 0 spiro atoms. The monoisotopic (exact) mass is 385 g/mol. The fourth-order valence-electron chi connectivity index (χ4n) is 3.46. The predicted molar refractivity (Wildman–Crippen MR) is 104 cm³/mol. The lowest BCUT2D eigenvalue weighted by Crippen LogP contribution is -2.36. The number of ether oxygens (including phenoxy) is 1. The molecule has 3 heterocycles. The first kappa shape index (κ1) is 18.0. The predicted octanol–water partition coefficient (Wildman–Crippen LogP) is 2.80. The van der Waals surface area contributed by atoms with Crippen LogP contribution >= 0.6 is 11.6 Å². The Morgan fingerprint density at radius 3 is 2.81 bits per heavy atom. The summed E-state index contributed by atoms with van der Waals surface area (Å²) >= 11 is 6.18. The van der Waals surface area contributed by atoms with Crippen LogP contribution in [0.3, 0.4) is 0 Å². The second-order valence-corrected chi connectivity index (χ2v) is 7.09. The summed E-state index contributed by atoms with van der Waals surface area (Å²) in [7, 11) is 0. The number of benzene rings is 1. The molecule has 2 N–H and O–H groups in total. The van der Waals surface area contributed by atoms with E-state index < -0.39 is 0 Å². The molecular weight excluding hydrogens is 364 g/mol. The van der Waals surface area contributed by atoms with Gasteiger partial charge in [0.25, 0.3) is 0 Å². The third-order valence-corrected chi connectivity index (χ3v) is 5.14. The van der Waals surface area contributed by atoms with Gasteiger partial charge < -0.3 is 10.1 Å². The number of anilines is 1. The molecular formula is C20H22ClN4O2+. The van der Waals surface area contributed by atoms with Gasteiger partial charge in [-0.25, -0.2) is 4.98 Å². The van der Waals surface area contributed by atoms with Crippen LogP contribution in [-0.4, -0.2) is 42.1 Å². The number of fused-ring (bicyclic) bond motifs is 1. The molecule has 0 saturated carbocycles. The van der Waals surface area contributed by atoms with Gasteiger partial charge in [-0.15, -0.1) is 0 Å². The Kier molecular flexibility index (Phi) is 5.11. The van der Waals surface area contributed by atoms with Gasteiger partial charge in [0.2, 0.25) is 0 Å². The van der Waals surface area contributed by atoms with Crippen LogP contribution in [-0.2, 0) is 11.3 Å². The number of carbonyl (C=O) groups is 1. The number of hydrogen-bond acceptors (Lipinski definition) is 3. The van der Waals surface area contributed by atoms with Gasteiger partial charge in [0, 0.05) is 18.7 Å². The smallest absolute Gasteiger partial charge is 0.351 e. The third-order valence-electron chi connectivity index (χ3n) is 4.81. The number of aromatic nitrogens is 2. The average Bonchev–Trinajstić information content (AvgIpc) is 3.04. The van der Waals surface area contributed by atoms with E-state index in [1.54, 1.807) is 12.1 Å². The van der Waals surface area contributed by atoms with E-state index in [0.29, 0.717) is 16.5 Å². The van der Waals surface area contributed by atoms with Crippen LogP contribution in [0.1, 0.15) is 21.9 Å². The molecule has 2 aromatic heterocycles. The number of pyridine rings is 1. The molecule has 27 heavy (non-hydrogen) atoms. The zero-order valence-corrected chi connectivity index (χ0v) is 15.9. The normalized spacial score (nSPS) is 15.2. The number of morpholine rings is 1. The van der Waals surface area contributed by atoms with Crippen LogP contribution in [0.5, 0.6) is 0 Å². The van der Waals surface area contributed by atoms with Crippen molar-refractivity contribution in [2.24, 2.45) is 0 Å². The van der Waals surface area contributed by atoms with Crippen molar-refractivity contribution in [1.82, 2.24) is 9.88 Å². The van der Waals surface area contributed by atoms with Gasteiger partial charge in [0.1, 0.15) is 0 Å². The molecule has 0 unspecified atom stereocenters. The van der Waals surface area contributed by atoms with E-state index in [2.05, 4.69) is 28.2 Å². The van der Waals surface area contributed by atoms with Crippen molar-refractivity contribution in [3.63, 3.8) is 0 Å². The number of nitrogens with zero attached hydrogens (tertiary/aromatic N) is 2. The van der Waals surface area contributed by atoms with Crippen molar-refractivity contribution in [1.29, 1.82) is 0 Å². The standard InChI is InChI=1S/C20H21ClN4O2/c1-14-5-4-8-25-18(14)17(13-24-9-11-27-12-10-24)22-19(25)20(26)23-16-7-3-2-6-15(16)21/h2-8H,9-13H2,1H3,(H,23,26)/p+1. The number of para-hydroxylation sites is 1. The number of halogens is 1. The third kappa shape index (κ3) is 3.69. The molecule has 0 radical (unpaired) electrons. The molecule has 6 nitrogen and oxygen atoms in total. The molecule has 3 aromatic rings. The lowest BCUT2D eigenvalue weighted by atomic mass is 10.2. The summed E-state index contributed by atoms with van der Waals surface area (Å²) < 4.78 is 7.35. The molecule has 1 aliphatic heterocycles. The molecule has 1 saturated heterocycles. The Morgan fingerprint density at radius 1 is 1.26 bits per heavy atom. The molecule has 1 fully saturated rings. The number of aryl methyl sites for hydroxylation is 1. The maximum atomic E-state index is 12.9. The molecule has 1 amide bonds. The minimum absolute atomic E-state index is 0.225. The molecule has 0 aliphatic carbocycles. The van der Waals surface area contributed by atoms with Gasteiger partial charge in [-0.1, -0.05) is 29.8 Å². The van der Waals surface area contributed by atoms with Crippen molar-refractivity contribution in [3.05, 3.63) is 64.7 Å². The van der Waals surface area contributed by atoms with Gasteiger partial charge in [0.15, 0.2) is 11.2 Å². The molecule has 7 heteroatoms. The van der Waals surface area contributed by atoms with Crippen molar-refractivity contribution < 1.29 is 13.9 Å². The fraction of sp³-hybridized carbons (Fsp3) is 0.300. The number of nitrogens with one attached hydrogen (secondary N) is 2. The summed E-state index contributed by atoms with van der Waals surface area (Å²) in [6, 6.07) is 11.2. The second kappa shape index (κ2) is 7.68. The van der Waals surface area contributed by atoms with Crippen molar-refractivity contribution in [3.8, 4) is 0 Å². The largest absolute Gasteiger partial charge is 0.379 e. The zero-order chi connectivity index (χ0) is 18.8. The first-order valence-corrected chi connectivity index (χ1v) is 9.39. The first-order valence-electron chi connectivity index (χ1n) is 9.01. The molecule has 1 aromatic carbocycles. The molecule has 1 aliphatic rings. The number of amides is 1.